The van der Waals surface area contributed by atoms with Gasteiger partial charge in [0.2, 0.25) is 0 Å². The number of ketones is 1. The van der Waals surface area contributed by atoms with Crippen LogP contribution in [0.25, 0.3) is 17.1 Å². The van der Waals surface area contributed by atoms with E-state index in [1.54, 1.807) is 18.2 Å². The SMILES string of the molecule is COc1ccc(C(=O)CSc2nnc(-c3ccccc3)n2-c2ccc(F)cc2F)cc1OC. The summed E-state index contributed by atoms with van der Waals surface area (Å²) in [5.74, 6) is -0.287. The quantitative estimate of drug-likeness (QED) is 0.262. The van der Waals surface area contributed by atoms with Gasteiger partial charge in [-0.1, -0.05) is 42.1 Å². The molecule has 0 bridgehead atoms. The summed E-state index contributed by atoms with van der Waals surface area (Å²) in [6.45, 7) is 0. The number of thioether (sulfide) groups is 1. The highest BCUT2D eigenvalue weighted by atomic mass is 32.2. The molecule has 0 spiro atoms. The molecule has 0 fully saturated rings. The Morgan fingerprint density at radius 1 is 0.939 bits per heavy atom. The Bertz CT molecular complexity index is 1300. The number of halogens is 2. The number of aromatic nitrogens is 3. The van der Waals surface area contributed by atoms with Crippen LogP contribution in [-0.4, -0.2) is 40.5 Å². The molecule has 0 aliphatic heterocycles. The monoisotopic (exact) mass is 467 g/mol. The molecule has 4 aromatic rings. The van der Waals surface area contributed by atoms with Crippen LogP contribution in [0.5, 0.6) is 11.5 Å². The summed E-state index contributed by atoms with van der Waals surface area (Å²) in [6.07, 6.45) is 0. The van der Waals surface area contributed by atoms with E-state index in [0.29, 0.717) is 33.6 Å². The number of hydrogen-bond donors (Lipinski definition) is 0. The van der Waals surface area contributed by atoms with Gasteiger partial charge in [0.1, 0.15) is 11.6 Å². The highest BCUT2D eigenvalue weighted by molar-refractivity contribution is 7.99. The number of benzene rings is 3. The Kier molecular flexibility index (Phi) is 6.69. The maximum absolute atomic E-state index is 14.7. The van der Waals surface area contributed by atoms with E-state index in [1.807, 2.05) is 30.3 Å². The average molecular weight is 467 g/mol. The Labute approximate surface area is 193 Å². The van der Waals surface area contributed by atoms with Crippen molar-refractivity contribution in [3.8, 4) is 28.6 Å². The van der Waals surface area contributed by atoms with Crippen LogP contribution < -0.4 is 9.47 Å². The summed E-state index contributed by atoms with van der Waals surface area (Å²) in [5.41, 5.74) is 1.22. The lowest BCUT2D eigenvalue weighted by molar-refractivity contribution is 0.102. The van der Waals surface area contributed by atoms with Gasteiger partial charge in [0.05, 0.1) is 25.7 Å². The fourth-order valence-corrected chi connectivity index (χ4v) is 4.08. The number of nitrogens with zero attached hydrogens (tertiary/aromatic N) is 3. The predicted octanol–water partition coefficient (Wildman–Crippen LogP) is 5.20. The minimum atomic E-state index is -0.764. The van der Waals surface area contributed by atoms with E-state index in [9.17, 15) is 13.6 Å². The first-order valence-corrected chi connectivity index (χ1v) is 10.8. The molecule has 0 saturated carbocycles. The highest BCUT2D eigenvalue weighted by Gasteiger charge is 2.20. The zero-order valence-electron chi connectivity index (χ0n) is 17.8. The van der Waals surface area contributed by atoms with Crippen molar-refractivity contribution in [2.75, 3.05) is 20.0 Å². The summed E-state index contributed by atoms with van der Waals surface area (Å²) >= 11 is 1.10. The highest BCUT2D eigenvalue weighted by Crippen LogP contribution is 2.31. The van der Waals surface area contributed by atoms with Gasteiger partial charge < -0.3 is 9.47 Å². The molecule has 0 saturated heterocycles. The molecule has 1 heterocycles. The smallest absolute Gasteiger partial charge is 0.196 e. The predicted molar refractivity (Wildman–Crippen MR) is 121 cm³/mol. The lowest BCUT2D eigenvalue weighted by Gasteiger charge is -2.12. The van der Waals surface area contributed by atoms with Crippen LogP contribution in [0.15, 0.2) is 71.9 Å². The maximum atomic E-state index is 14.7. The summed E-state index contributed by atoms with van der Waals surface area (Å²) in [6, 6.07) is 17.3. The van der Waals surface area contributed by atoms with Crippen LogP contribution in [0.1, 0.15) is 10.4 Å². The van der Waals surface area contributed by atoms with Crippen LogP contribution in [0.2, 0.25) is 0 Å². The van der Waals surface area contributed by atoms with Gasteiger partial charge in [0.15, 0.2) is 28.3 Å². The number of methoxy groups -OCH3 is 2. The molecule has 0 atom stereocenters. The average Bonchev–Trinajstić information content (AvgIpc) is 3.26. The van der Waals surface area contributed by atoms with E-state index in [0.717, 1.165) is 23.9 Å². The molecule has 0 N–H and O–H groups in total. The minimum Gasteiger partial charge on any atom is -0.493 e. The normalized spacial score (nSPS) is 10.8. The molecule has 0 aliphatic carbocycles. The van der Waals surface area contributed by atoms with E-state index < -0.39 is 11.6 Å². The largest absolute Gasteiger partial charge is 0.493 e. The Hall–Kier alpha value is -3.72. The van der Waals surface area contributed by atoms with Gasteiger partial charge in [-0.2, -0.15) is 0 Å². The third kappa shape index (κ3) is 4.73. The minimum absolute atomic E-state index is 0.0191. The van der Waals surface area contributed by atoms with Crippen LogP contribution >= 0.6 is 11.8 Å². The third-order valence-corrected chi connectivity index (χ3v) is 5.78. The molecule has 0 radical (unpaired) electrons. The third-order valence-electron chi connectivity index (χ3n) is 4.85. The van der Waals surface area contributed by atoms with Crippen molar-refractivity contribution in [3.05, 3.63) is 83.9 Å². The van der Waals surface area contributed by atoms with Gasteiger partial charge in [-0.05, 0) is 30.3 Å². The Morgan fingerprint density at radius 2 is 1.70 bits per heavy atom. The van der Waals surface area contributed by atoms with Crippen molar-refractivity contribution < 1.29 is 23.0 Å². The van der Waals surface area contributed by atoms with Crippen molar-refractivity contribution in [3.63, 3.8) is 0 Å². The van der Waals surface area contributed by atoms with Gasteiger partial charge in [0.25, 0.3) is 0 Å². The standard InChI is InChI=1S/C24H19F2N3O3S/c1-31-21-11-8-16(12-22(21)32-2)20(30)14-33-24-28-27-23(15-6-4-3-5-7-15)29(24)19-10-9-17(25)13-18(19)26/h3-13H,14H2,1-2H3. The van der Waals surface area contributed by atoms with Crippen LogP contribution in [0.3, 0.4) is 0 Å². The first kappa shape index (κ1) is 22.5. The molecular weight excluding hydrogens is 448 g/mol. The van der Waals surface area contributed by atoms with Crippen molar-refractivity contribution in [1.82, 2.24) is 14.8 Å². The number of carbonyl (C=O) groups excluding carboxylic acids is 1. The van der Waals surface area contributed by atoms with Crippen molar-refractivity contribution >= 4 is 17.5 Å². The fourth-order valence-electron chi connectivity index (χ4n) is 3.24. The molecule has 9 heteroatoms. The maximum Gasteiger partial charge on any atom is 0.196 e. The van der Waals surface area contributed by atoms with Gasteiger partial charge in [-0.25, -0.2) is 8.78 Å². The van der Waals surface area contributed by atoms with Gasteiger partial charge >= 0.3 is 0 Å². The second-order valence-corrected chi connectivity index (χ2v) is 7.83. The molecule has 4 rings (SSSR count). The second-order valence-electron chi connectivity index (χ2n) is 6.88. The lowest BCUT2D eigenvalue weighted by Crippen LogP contribution is -2.07. The van der Waals surface area contributed by atoms with Gasteiger partial charge in [-0.15, -0.1) is 10.2 Å². The lowest BCUT2D eigenvalue weighted by atomic mass is 10.1. The molecular formula is C24H19F2N3O3S. The van der Waals surface area contributed by atoms with Crippen molar-refractivity contribution in [2.24, 2.45) is 0 Å². The molecule has 1 aromatic heterocycles. The zero-order valence-corrected chi connectivity index (χ0v) is 18.6. The van der Waals surface area contributed by atoms with Crippen molar-refractivity contribution in [1.29, 1.82) is 0 Å². The summed E-state index contributed by atoms with van der Waals surface area (Å²) in [7, 11) is 3.01. The van der Waals surface area contributed by atoms with Gasteiger partial charge in [-0.3, -0.25) is 9.36 Å². The van der Waals surface area contributed by atoms with Gasteiger partial charge in [0, 0.05) is 17.2 Å². The van der Waals surface area contributed by atoms with E-state index in [-0.39, 0.29) is 17.2 Å². The molecule has 6 nitrogen and oxygen atoms in total. The van der Waals surface area contributed by atoms with Crippen LogP contribution in [0, 0.1) is 11.6 Å². The van der Waals surface area contributed by atoms with E-state index in [2.05, 4.69) is 10.2 Å². The summed E-state index contributed by atoms with van der Waals surface area (Å²) in [4.78, 5) is 12.8. The van der Waals surface area contributed by atoms with Crippen molar-refractivity contribution in [2.45, 2.75) is 5.16 Å². The molecule has 168 valence electrons. The number of hydrogen-bond acceptors (Lipinski definition) is 6. The summed E-state index contributed by atoms with van der Waals surface area (Å²) < 4.78 is 40.2. The number of carbonyl (C=O) groups is 1. The van der Waals surface area contributed by atoms with E-state index in [1.165, 1.54) is 24.9 Å². The van der Waals surface area contributed by atoms with Crippen LogP contribution in [-0.2, 0) is 0 Å². The topological polar surface area (TPSA) is 66.2 Å². The molecule has 0 amide bonds. The first-order chi connectivity index (χ1) is 16.0. The Morgan fingerprint density at radius 3 is 2.39 bits per heavy atom. The molecule has 0 unspecified atom stereocenters. The fraction of sp³-hybridized carbons (Fsp3) is 0.125. The van der Waals surface area contributed by atoms with Crippen LogP contribution in [0.4, 0.5) is 8.78 Å². The molecule has 3 aromatic carbocycles. The zero-order chi connectivity index (χ0) is 23.4. The number of rotatable bonds is 8. The molecule has 33 heavy (non-hydrogen) atoms. The number of Topliss-reactive ketones (excluding diaryl/α,β-unsaturated/α-hetero) is 1. The summed E-state index contributed by atoms with van der Waals surface area (Å²) in [5, 5.41) is 8.69. The molecule has 0 aliphatic rings. The van der Waals surface area contributed by atoms with E-state index >= 15 is 0 Å². The Balaban J connectivity index is 1.67. The number of ether oxygens (including phenoxy) is 2. The van der Waals surface area contributed by atoms with E-state index in [4.69, 9.17) is 9.47 Å². The second kappa shape index (κ2) is 9.83. The first-order valence-electron chi connectivity index (χ1n) is 9.86.